The van der Waals surface area contributed by atoms with E-state index in [1.807, 2.05) is 13.2 Å². The first-order valence-electron chi connectivity index (χ1n) is 11.6. The van der Waals surface area contributed by atoms with Crippen molar-refractivity contribution in [2.75, 3.05) is 51.2 Å². The Hall–Kier alpha value is -2.33. The van der Waals surface area contributed by atoms with Gasteiger partial charge in [-0.1, -0.05) is 19.1 Å². The van der Waals surface area contributed by atoms with Gasteiger partial charge in [0.15, 0.2) is 5.96 Å². The van der Waals surface area contributed by atoms with E-state index in [0.29, 0.717) is 0 Å². The summed E-state index contributed by atoms with van der Waals surface area (Å²) >= 11 is 0. The van der Waals surface area contributed by atoms with Crippen molar-refractivity contribution in [2.24, 2.45) is 4.99 Å². The van der Waals surface area contributed by atoms with Crippen LogP contribution in [0.15, 0.2) is 47.7 Å². The highest BCUT2D eigenvalue weighted by atomic mass is 127. The highest BCUT2D eigenvalue weighted by molar-refractivity contribution is 14.0. The number of anilines is 1. The van der Waals surface area contributed by atoms with Gasteiger partial charge in [-0.2, -0.15) is 0 Å². The van der Waals surface area contributed by atoms with E-state index >= 15 is 0 Å². The Balaban J connectivity index is 0.00000306. The Morgan fingerprint density at radius 1 is 1.12 bits per heavy atom. The first-order valence-corrected chi connectivity index (χ1v) is 11.6. The Labute approximate surface area is 214 Å². The summed E-state index contributed by atoms with van der Waals surface area (Å²) in [6.07, 6.45) is 4.96. The minimum absolute atomic E-state index is 0. The molecule has 0 atom stereocenters. The van der Waals surface area contributed by atoms with Gasteiger partial charge in [-0.25, -0.2) is 4.98 Å². The number of hydrogen-bond acceptors (Lipinski definition) is 4. The van der Waals surface area contributed by atoms with Crippen LogP contribution in [0.5, 0.6) is 0 Å². The second kappa shape index (κ2) is 12.2. The van der Waals surface area contributed by atoms with E-state index in [4.69, 9.17) is 0 Å². The van der Waals surface area contributed by atoms with Crippen LogP contribution in [-0.2, 0) is 13.0 Å². The average molecular weight is 562 g/mol. The van der Waals surface area contributed by atoms with E-state index in [1.54, 1.807) is 0 Å². The number of rotatable bonds is 7. The van der Waals surface area contributed by atoms with Crippen molar-refractivity contribution >= 4 is 46.7 Å². The third-order valence-electron chi connectivity index (χ3n) is 6.25. The fourth-order valence-electron chi connectivity index (χ4n) is 4.27. The number of H-pyrrole nitrogens is 1. The third kappa shape index (κ3) is 6.60. The molecule has 0 unspecified atom stereocenters. The molecule has 7 nitrogen and oxygen atoms in total. The van der Waals surface area contributed by atoms with Crippen molar-refractivity contribution in [2.45, 2.75) is 26.8 Å². The topological polar surface area (TPSA) is 71.6 Å². The van der Waals surface area contributed by atoms with Crippen LogP contribution < -0.4 is 15.5 Å². The van der Waals surface area contributed by atoms with Crippen molar-refractivity contribution in [1.82, 2.24) is 25.5 Å². The summed E-state index contributed by atoms with van der Waals surface area (Å²) in [6, 6.07) is 10.8. The second-order valence-electron chi connectivity index (χ2n) is 8.41. The molecule has 1 saturated heterocycles. The zero-order valence-corrected chi connectivity index (χ0v) is 22.2. The molecular weight excluding hydrogens is 525 g/mol. The van der Waals surface area contributed by atoms with Gasteiger partial charge >= 0.3 is 0 Å². The van der Waals surface area contributed by atoms with Gasteiger partial charge < -0.3 is 25.4 Å². The maximum atomic E-state index is 4.60. The normalized spacial score (nSPS) is 14.9. The lowest BCUT2D eigenvalue weighted by molar-refractivity contribution is 0.270. The highest BCUT2D eigenvalue weighted by Crippen LogP contribution is 2.19. The Kier molecular flexibility index (Phi) is 9.37. The minimum atomic E-state index is 0. The van der Waals surface area contributed by atoms with Crippen molar-refractivity contribution in [3.63, 3.8) is 0 Å². The average Bonchev–Trinajstić information content (AvgIpc) is 3.23. The zero-order chi connectivity index (χ0) is 22.3. The number of nitrogens with one attached hydrogen (secondary N) is 3. The van der Waals surface area contributed by atoms with Gasteiger partial charge in [-0.05, 0) is 54.8 Å². The molecule has 0 bridgehead atoms. The summed E-state index contributed by atoms with van der Waals surface area (Å²) in [5.74, 6) is 1.88. The molecule has 0 aliphatic carbocycles. The van der Waals surface area contributed by atoms with E-state index in [1.165, 1.54) is 27.6 Å². The van der Waals surface area contributed by atoms with Gasteiger partial charge in [0, 0.05) is 69.6 Å². The molecule has 1 aliphatic heterocycles. The quantitative estimate of drug-likeness (QED) is 0.234. The smallest absolute Gasteiger partial charge is 0.191 e. The lowest BCUT2D eigenvalue weighted by Crippen LogP contribution is -2.46. The molecule has 33 heavy (non-hydrogen) atoms. The van der Waals surface area contributed by atoms with Crippen LogP contribution in [0.4, 0.5) is 5.82 Å². The first kappa shape index (κ1) is 25.3. The van der Waals surface area contributed by atoms with Crippen LogP contribution in [0.2, 0.25) is 0 Å². The minimum Gasteiger partial charge on any atom is -0.361 e. The molecule has 178 valence electrons. The standard InChI is InChI=1S/C25H35N7.HI/c1-4-31-11-13-32(14-12-31)24-16-20(7-9-27-24)17-30-25(26-3)28-10-8-21-18-29-23-15-19(2)5-6-22(21)23;/h5-7,9,15-16,18,29H,4,8,10-14,17H2,1-3H3,(H2,26,28,30);1H. The summed E-state index contributed by atoms with van der Waals surface area (Å²) < 4.78 is 0. The number of piperazine rings is 1. The molecule has 3 N–H and O–H groups in total. The lowest BCUT2D eigenvalue weighted by atomic mass is 10.1. The van der Waals surface area contributed by atoms with Gasteiger partial charge in [-0.15, -0.1) is 24.0 Å². The van der Waals surface area contributed by atoms with Gasteiger partial charge in [-0.3, -0.25) is 4.99 Å². The molecule has 3 heterocycles. The Bertz CT molecular complexity index is 1050. The number of likely N-dealkylation sites (N-methyl/N-ethyl adjacent to an activating group) is 1. The number of halogens is 1. The van der Waals surface area contributed by atoms with Crippen LogP contribution in [0.1, 0.15) is 23.6 Å². The number of fused-ring (bicyclic) bond motifs is 1. The van der Waals surface area contributed by atoms with Crippen molar-refractivity contribution in [3.8, 4) is 0 Å². The number of nitrogens with zero attached hydrogens (tertiary/aromatic N) is 4. The van der Waals surface area contributed by atoms with Gasteiger partial charge in [0.05, 0.1) is 0 Å². The summed E-state index contributed by atoms with van der Waals surface area (Å²) in [5.41, 5.74) is 5.01. The van der Waals surface area contributed by atoms with Crippen molar-refractivity contribution in [3.05, 3.63) is 59.4 Å². The number of aromatic amines is 1. The van der Waals surface area contributed by atoms with E-state index in [-0.39, 0.29) is 24.0 Å². The largest absolute Gasteiger partial charge is 0.361 e. The van der Waals surface area contributed by atoms with Crippen LogP contribution >= 0.6 is 24.0 Å². The monoisotopic (exact) mass is 561 g/mol. The number of aliphatic imine (C=N–C) groups is 1. The Morgan fingerprint density at radius 3 is 2.70 bits per heavy atom. The molecule has 2 aromatic heterocycles. The predicted molar refractivity (Wildman–Crippen MR) is 149 cm³/mol. The van der Waals surface area contributed by atoms with Crippen LogP contribution in [0, 0.1) is 6.92 Å². The van der Waals surface area contributed by atoms with Gasteiger partial charge in [0.2, 0.25) is 0 Å². The molecule has 3 aromatic rings. The van der Waals surface area contributed by atoms with Crippen LogP contribution in [0.3, 0.4) is 0 Å². The van der Waals surface area contributed by atoms with Gasteiger partial charge in [0.25, 0.3) is 0 Å². The third-order valence-corrected chi connectivity index (χ3v) is 6.25. The lowest BCUT2D eigenvalue weighted by Gasteiger charge is -2.34. The number of aryl methyl sites for hydroxylation is 1. The van der Waals surface area contributed by atoms with Gasteiger partial charge in [0.1, 0.15) is 5.82 Å². The molecule has 1 fully saturated rings. The molecule has 0 radical (unpaired) electrons. The van der Waals surface area contributed by atoms with Crippen LogP contribution in [-0.4, -0.2) is 67.1 Å². The van der Waals surface area contributed by atoms with E-state index in [0.717, 1.165) is 64.0 Å². The molecule has 1 aromatic carbocycles. The molecule has 0 saturated carbocycles. The fourth-order valence-corrected chi connectivity index (χ4v) is 4.27. The zero-order valence-electron chi connectivity index (χ0n) is 19.9. The molecule has 1 aliphatic rings. The number of aromatic nitrogens is 2. The van der Waals surface area contributed by atoms with Crippen molar-refractivity contribution < 1.29 is 0 Å². The summed E-state index contributed by atoms with van der Waals surface area (Å²) in [6.45, 7) is 11.3. The maximum absolute atomic E-state index is 4.60. The fraction of sp³-hybridized carbons (Fsp3) is 0.440. The number of hydrogen-bond donors (Lipinski definition) is 3. The predicted octanol–water partition coefficient (Wildman–Crippen LogP) is 3.54. The summed E-state index contributed by atoms with van der Waals surface area (Å²) in [4.78, 5) is 17.2. The Morgan fingerprint density at radius 2 is 1.94 bits per heavy atom. The number of benzene rings is 1. The number of pyridine rings is 1. The van der Waals surface area contributed by atoms with E-state index in [2.05, 4.69) is 85.8 Å². The molecule has 8 heteroatoms. The maximum Gasteiger partial charge on any atom is 0.191 e. The molecule has 4 rings (SSSR count). The summed E-state index contributed by atoms with van der Waals surface area (Å²) in [5, 5.41) is 8.17. The highest BCUT2D eigenvalue weighted by Gasteiger charge is 2.16. The second-order valence-corrected chi connectivity index (χ2v) is 8.41. The SMILES string of the molecule is CCN1CCN(c2cc(CNC(=NC)NCCc3c[nH]c4cc(C)ccc34)ccn2)CC1.I. The molecule has 0 amide bonds. The first-order chi connectivity index (χ1) is 15.7. The van der Waals surface area contributed by atoms with Crippen molar-refractivity contribution in [1.29, 1.82) is 0 Å². The summed E-state index contributed by atoms with van der Waals surface area (Å²) in [7, 11) is 1.81. The van der Waals surface area contributed by atoms with Crippen LogP contribution in [0.25, 0.3) is 10.9 Å². The van der Waals surface area contributed by atoms with E-state index < -0.39 is 0 Å². The van der Waals surface area contributed by atoms with E-state index in [9.17, 15) is 0 Å². The molecular formula is C25H36IN7. The molecule has 0 spiro atoms. The number of guanidine groups is 1.